The average molecular weight is 295 g/mol. The number of methoxy groups -OCH3 is 1. The fourth-order valence-corrected chi connectivity index (χ4v) is 2.07. The second-order valence-corrected chi connectivity index (χ2v) is 4.78. The lowest BCUT2D eigenvalue weighted by Crippen LogP contribution is -2.37. The monoisotopic (exact) mass is 295 g/mol. The fraction of sp³-hybridized carbons (Fsp3) is 0.385. The Labute approximate surface area is 121 Å². The van der Waals surface area contributed by atoms with E-state index in [1.54, 1.807) is 19.2 Å². The maximum absolute atomic E-state index is 11.8. The molecule has 0 unspecified atom stereocenters. The van der Waals surface area contributed by atoms with Gasteiger partial charge in [0.2, 0.25) is 5.91 Å². The molecule has 0 fully saturated rings. The van der Waals surface area contributed by atoms with Gasteiger partial charge in [0.1, 0.15) is 0 Å². The second-order valence-electron chi connectivity index (χ2n) is 3.70. The van der Waals surface area contributed by atoms with Gasteiger partial charge in [0.05, 0.1) is 29.5 Å². The molecule has 0 bridgehead atoms. The first-order valence-electron chi connectivity index (χ1n) is 6.00. The summed E-state index contributed by atoms with van der Waals surface area (Å²) >= 11 is 1.26. The van der Waals surface area contributed by atoms with E-state index in [0.717, 1.165) is 4.88 Å². The van der Waals surface area contributed by atoms with Crippen LogP contribution in [0.2, 0.25) is 0 Å². The molecule has 0 atom stereocenters. The molecule has 108 valence electrons. The Bertz CT molecular complexity index is 516. The van der Waals surface area contributed by atoms with Crippen LogP contribution in [0.3, 0.4) is 0 Å². The summed E-state index contributed by atoms with van der Waals surface area (Å²) in [5.41, 5.74) is 5.27. The molecule has 1 heterocycles. The van der Waals surface area contributed by atoms with Crippen LogP contribution in [0, 0.1) is 11.8 Å². The lowest BCUT2D eigenvalue weighted by molar-refractivity contribution is -0.120. The van der Waals surface area contributed by atoms with Crippen molar-refractivity contribution < 1.29 is 14.3 Å². The zero-order chi connectivity index (χ0) is 14.8. The SMILES string of the molecule is COCCNC(=O)CNC(=O)c1ccc(C#CCN)s1. The van der Waals surface area contributed by atoms with E-state index in [4.69, 9.17) is 10.5 Å². The van der Waals surface area contributed by atoms with E-state index < -0.39 is 0 Å². The minimum atomic E-state index is -0.294. The van der Waals surface area contributed by atoms with Crippen LogP contribution in [-0.2, 0) is 9.53 Å². The molecule has 4 N–H and O–H groups in total. The Morgan fingerprint density at radius 2 is 2.20 bits per heavy atom. The van der Waals surface area contributed by atoms with Gasteiger partial charge in [-0.2, -0.15) is 0 Å². The topological polar surface area (TPSA) is 93.5 Å². The highest BCUT2D eigenvalue weighted by molar-refractivity contribution is 7.14. The number of nitrogens with one attached hydrogen (secondary N) is 2. The molecule has 0 aliphatic heterocycles. The van der Waals surface area contributed by atoms with Crippen LogP contribution in [0.4, 0.5) is 0 Å². The largest absolute Gasteiger partial charge is 0.383 e. The Hall–Kier alpha value is -1.88. The summed E-state index contributed by atoms with van der Waals surface area (Å²) in [6.45, 7) is 1.07. The molecule has 0 aliphatic rings. The maximum atomic E-state index is 11.8. The summed E-state index contributed by atoms with van der Waals surface area (Å²) < 4.78 is 4.80. The molecule has 0 aliphatic carbocycles. The predicted octanol–water partition coefficient (Wildman–Crippen LogP) is -0.449. The maximum Gasteiger partial charge on any atom is 0.261 e. The summed E-state index contributed by atoms with van der Waals surface area (Å²) in [5.74, 6) is 5.02. The third-order valence-corrected chi connectivity index (χ3v) is 3.18. The van der Waals surface area contributed by atoms with Crippen molar-refractivity contribution in [2.45, 2.75) is 0 Å². The van der Waals surface area contributed by atoms with Crippen LogP contribution < -0.4 is 16.4 Å². The number of carbonyl (C=O) groups is 2. The minimum Gasteiger partial charge on any atom is -0.383 e. The molecule has 20 heavy (non-hydrogen) atoms. The van der Waals surface area contributed by atoms with E-state index in [-0.39, 0.29) is 24.9 Å². The number of carbonyl (C=O) groups excluding carboxylic acids is 2. The Morgan fingerprint density at radius 3 is 2.90 bits per heavy atom. The van der Waals surface area contributed by atoms with Crippen LogP contribution in [-0.4, -0.2) is 45.2 Å². The molecule has 1 rings (SSSR count). The normalized spacial score (nSPS) is 9.50. The van der Waals surface area contributed by atoms with Crippen molar-refractivity contribution in [3.8, 4) is 11.8 Å². The van der Waals surface area contributed by atoms with Crippen LogP contribution in [0.5, 0.6) is 0 Å². The highest BCUT2D eigenvalue weighted by Gasteiger charge is 2.09. The van der Waals surface area contributed by atoms with Crippen molar-refractivity contribution in [1.82, 2.24) is 10.6 Å². The van der Waals surface area contributed by atoms with Crippen LogP contribution >= 0.6 is 11.3 Å². The van der Waals surface area contributed by atoms with Crippen molar-refractivity contribution in [1.29, 1.82) is 0 Å². The first kappa shape index (κ1) is 16.2. The molecule has 0 aromatic carbocycles. The number of hydrogen-bond acceptors (Lipinski definition) is 5. The number of amides is 2. The average Bonchev–Trinajstić information content (AvgIpc) is 2.91. The van der Waals surface area contributed by atoms with E-state index in [1.807, 2.05) is 0 Å². The lowest BCUT2D eigenvalue weighted by Gasteiger charge is -2.05. The smallest absolute Gasteiger partial charge is 0.261 e. The standard InChI is InChI=1S/C13H17N3O3S/c1-19-8-7-15-12(17)9-16-13(18)11-5-4-10(20-11)3-2-6-14/h4-5H,6-9,14H2,1H3,(H,15,17)(H,16,18). The van der Waals surface area contributed by atoms with Gasteiger partial charge in [-0.25, -0.2) is 0 Å². The van der Waals surface area contributed by atoms with Crippen LogP contribution in [0.25, 0.3) is 0 Å². The molecule has 1 aromatic rings. The molecular weight excluding hydrogens is 278 g/mol. The third-order valence-electron chi connectivity index (χ3n) is 2.18. The molecule has 2 amide bonds. The minimum absolute atomic E-state index is 0.0652. The van der Waals surface area contributed by atoms with Gasteiger partial charge < -0.3 is 21.1 Å². The van der Waals surface area contributed by atoms with Gasteiger partial charge in [0.15, 0.2) is 0 Å². The van der Waals surface area contributed by atoms with Crippen molar-refractivity contribution in [3.63, 3.8) is 0 Å². The predicted molar refractivity (Wildman–Crippen MR) is 77.5 cm³/mol. The molecule has 7 heteroatoms. The Kier molecular flexibility index (Phi) is 7.35. The Morgan fingerprint density at radius 1 is 1.40 bits per heavy atom. The van der Waals surface area contributed by atoms with Crippen LogP contribution in [0.15, 0.2) is 12.1 Å². The zero-order valence-corrected chi connectivity index (χ0v) is 12.0. The van der Waals surface area contributed by atoms with Gasteiger partial charge in [-0.05, 0) is 12.1 Å². The van der Waals surface area contributed by atoms with E-state index in [0.29, 0.717) is 18.0 Å². The van der Waals surface area contributed by atoms with Gasteiger partial charge in [-0.1, -0.05) is 11.8 Å². The van der Waals surface area contributed by atoms with E-state index >= 15 is 0 Å². The number of hydrogen-bond donors (Lipinski definition) is 3. The van der Waals surface area contributed by atoms with E-state index in [2.05, 4.69) is 22.5 Å². The zero-order valence-electron chi connectivity index (χ0n) is 11.2. The fourth-order valence-electron chi connectivity index (χ4n) is 1.27. The molecule has 0 spiro atoms. The highest BCUT2D eigenvalue weighted by atomic mass is 32.1. The van der Waals surface area contributed by atoms with E-state index in [9.17, 15) is 9.59 Å². The van der Waals surface area contributed by atoms with Gasteiger partial charge in [-0.15, -0.1) is 11.3 Å². The van der Waals surface area contributed by atoms with E-state index in [1.165, 1.54) is 11.3 Å². The number of nitrogens with two attached hydrogens (primary N) is 1. The molecule has 6 nitrogen and oxygen atoms in total. The lowest BCUT2D eigenvalue weighted by atomic mass is 10.4. The summed E-state index contributed by atoms with van der Waals surface area (Å²) in [7, 11) is 1.55. The number of thiophene rings is 1. The van der Waals surface area contributed by atoms with Crippen molar-refractivity contribution >= 4 is 23.2 Å². The van der Waals surface area contributed by atoms with Crippen molar-refractivity contribution in [2.24, 2.45) is 5.73 Å². The van der Waals surface area contributed by atoms with Gasteiger partial charge in [-0.3, -0.25) is 9.59 Å². The summed E-state index contributed by atoms with van der Waals surface area (Å²) in [4.78, 5) is 24.5. The molecule has 0 saturated heterocycles. The molecule has 0 radical (unpaired) electrons. The first-order chi connectivity index (χ1) is 9.67. The number of ether oxygens (including phenoxy) is 1. The second kappa shape index (κ2) is 9.09. The van der Waals surface area contributed by atoms with Crippen molar-refractivity contribution in [2.75, 3.05) is 33.4 Å². The van der Waals surface area contributed by atoms with Gasteiger partial charge in [0.25, 0.3) is 5.91 Å². The molecule has 1 aromatic heterocycles. The summed E-state index contributed by atoms with van der Waals surface area (Å²) in [6.07, 6.45) is 0. The quantitative estimate of drug-likeness (QED) is 0.489. The highest BCUT2D eigenvalue weighted by Crippen LogP contribution is 2.14. The third kappa shape index (κ3) is 5.84. The van der Waals surface area contributed by atoms with Crippen molar-refractivity contribution in [3.05, 3.63) is 21.9 Å². The summed E-state index contributed by atoms with van der Waals surface area (Å²) in [5, 5.41) is 5.15. The first-order valence-corrected chi connectivity index (χ1v) is 6.81. The Balaban J connectivity index is 2.39. The summed E-state index contributed by atoms with van der Waals surface area (Å²) in [6, 6.07) is 3.42. The molecular formula is C13H17N3O3S. The number of rotatable bonds is 6. The van der Waals surface area contributed by atoms with Gasteiger partial charge in [0, 0.05) is 13.7 Å². The van der Waals surface area contributed by atoms with Gasteiger partial charge >= 0.3 is 0 Å². The molecule has 0 saturated carbocycles. The van der Waals surface area contributed by atoms with Crippen LogP contribution in [0.1, 0.15) is 14.5 Å².